The number of fused-ring (bicyclic) bond motifs is 1. The zero-order chi connectivity index (χ0) is 20.0. The third kappa shape index (κ3) is 4.20. The van der Waals surface area contributed by atoms with Gasteiger partial charge in [0.1, 0.15) is 5.82 Å². The van der Waals surface area contributed by atoms with Crippen LogP contribution in [0.3, 0.4) is 0 Å². The molecule has 2 N–H and O–H groups in total. The van der Waals surface area contributed by atoms with Crippen molar-refractivity contribution in [3.63, 3.8) is 0 Å². The summed E-state index contributed by atoms with van der Waals surface area (Å²) in [4.78, 5) is 15.2. The largest absolute Gasteiger partial charge is 0.331 e. The smallest absolute Gasteiger partial charge is 0.292 e. The van der Waals surface area contributed by atoms with Gasteiger partial charge in [0.25, 0.3) is 5.91 Å². The molecule has 5 rings (SSSR count). The molecular weight excluding hydrogens is 457 g/mol. The first-order valence-corrected chi connectivity index (χ1v) is 11.2. The lowest BCUT2D eigenvalue weighted by Gasteiger charge is -2.44. The quantitative estimate of drug-likeness (QED) is 0.697. The molecule has 0 bridgehead atoms. The summed E-state index contributed by atoms with van der Waals surface area (Å²) in [5.41, 5.74) is 7.42. The van der Waals surface area contributed by atoms with E-state index in [0.717, 1.165) is 49.6 Å². The van der Waals surface area contributed by atoms with Gasteiger partial charge in [-0.25, -0.2) is 0 Å². The van der Waals surface area contributed by atoms with Crippen molar-refractivity contribution >= 4 is 42.3 Å². The van der Waals surface area contributed by atoms with Gasteiger partial charge in [-0.15, -0.1) is 35.0 Å². The number of hydrogen-bond acceptors (Lipinski definition) is 4. The Kier molecular flexibility index (Phi) is 7.57. The fraction of sp³-hybridized carbons (Fsp3) is 0.591. The number of carbonyl (C=O) groups is 1. The summed E-state index contributed by atoms with van der Waals surface area (Å²) in [6.45, 7) is 2.17. The molecule has 3 aliphatic rings. The second-order valence-corrected chi connectivity index (χ2v) is 9.32. The molecule has 31 heavy (non-hydrogen) atoms. The van der Waals surface area contributed by atoms with Crippen LogP contribution in [0.5, 0.6) is 0 Å². The van der Waals surface area contributed by atoms with Crippen LogP contribution in [0.2, 0.25) is 5.02 Å². The Hall–Kier alpha value is -1.34. The second-order valence-electron chi connectivity index (χ2n) is 8.89. The molecule has 2 fully saturated rings. The lowest BCUT2D eigenvalue weighted by Crippen LogP contribution is -2.51. The topological polar surface area (TPSA) is 77.0 Å². The summed E-state index contributed by atoms with van der Waals surface area (Å²) in [6, 6.07) is 8.34. The van der Waals surface area contributed by atoms with Crippen molar-refractivity contribution in [2.45, 2.75) is 68.9 Å². The molecule has 0 atom stereocenters. The third-order valence-electron chi connectivity index (χ3n) is 7.45. The predicted molar refractivity (Wildman–Crippen MR) is 127 cm³/mol. The average Bonchev–Trinajstić information content (AvgIpc) is 3.12. The van der Waals surface area contributed by atoms with E-state index in [4.69, 9.17) is 17.3 Å². The van der Waals surface area contributed by atoms with E-state index in [2.05, 4.69) is 20.8 Å². The number of rotatable bonds is 4. The summed E-state index contributed by atoms with van der Waals surface area (Å²) in [5.74, 6) is 2.09. The summed E-state index contributed by atoms with van der Waals surface area (Å²) < 4.78 is 2.07. The van der Waals surface area contributed by atoms with Gasteiger partial charge in [-0.2, -0.15) is 0 Å². The monoisotopic (exact) mass is 485 g/mol. The standard InChI is InChI=1S/C22H28ClN5O.2ClH/c23-17-6-2-5-16(13-17)22(14-24)9-7-18(8-10-22)27-11-12-28-19(15-3-1-4-15)25-26-20(28)21(27)29;;/h2,5-6,13,15,18H,1,3-4,7-12,14,24H2;2*1H. The highest BCUT2D eigenvalue weighted by Gasteiger charge is 2.41. The maximum absolute atomic E-state index is 13.2. The Labute approximate surface area is 200 Å². The average molecular weight is 487 g/mol. The highest BCUT2D eigenvalue weighted by Crippen LogP contribution is 2.42. The molecule has 2 aromatic rings. The molecule has 1 aromatic carbocycles. The van der Waals surface area contributed by atoms with E-state index < -0.39 is 0 Å². The number of halogens is 3. The second kappa shape index (κ2) is 9.65. The molecule has 6 nitrogen and oxygen atoms in total. The van der Waals surface area contributed by atoms with Crippen LogP contribution < -0.4 is 5.73 Å². The molecule has 1 aliphatic heterocycles. The first kappa shape index (κ1) is 24.3. The van der Waals surface area contributed by atoms with E-state index in [-0.39, 0.29) is 42.2 Å². The van der Waals surface area contributed by atoms with E-state index in [9.17, 15) is 4.79 Å². The van der Waals surface area contributed by atoms with Crippen LogP contribution in [-0.4, -0.2) is 44.7 Å². The molecule has 0 spiro atoms. The van der Waals surface area contributed by atoms with Crippen molar-refractivity contribution in [1.82, 2.24) is 19.7 Å². The van der Waals surface area contributed by atoms with E-state index in [1.54, 1.807) is 0 Å². The normalized spacial score (nSPS) is 25.8. The fourth-order valence-electron chi connectivity index (χ4n) is 5.34. The van der Waals surface area contributed by atoms with Crippen LogP contribution in [0.4, 0.5) is 0 Å². The van der Waals surface area contributed by atoms with E-state index >= 15 is 0 Å². The molecule has 2 aliphatic carbocycles. The van der Waals surface area contributed by atoms with E-state index in [1.165, 1.54) is 24.8 Å². The summed E-state index contributed by atoms with van der Waals surface area (Å²) in [5, 5.41) is 9.40. The first-order valence-electron chi connectivity index (χ1n) is 10.8. The minimum Gasteiger partial charge on any atom is -0.331 e. The van der Waals surface area contributed by atoms with Crippen molar-refractivity contribution in [3.05, 3.63) is 46.5 Å². The number of amides is 1. The molecule has 1 aromatic heterocycles. The zero-order valence-electron chi connectivity index (χ0n) is 17.5. The number of benzene rings is 1. The molecule has 1 amide bonds. The molecule has 2 heterocycles. The van der Waals surface area contributed by atoms with Crippen LogP contribution >= 0.6 is 36.4 Å². The van der Waals surface area contributed by atoms with Gasteiger partial charge in [0.15, 0.2) is 0 Å². The minimum absolute atomic E-state index is 0. The van der Waals surface area contributed by atoms with Crippen molar-refractivity contribution in [2.24, 2.45) is 5.73 Å². The van der Waals surface area contributed by atoms with Crippen molar-refractivity contribution < 1.29 is 4.79 Å². The van der Waals surface area contributed by atoms with Crippen molar-refractivity contribution in [1.29, 1.82) is 0 Å². The Morgan fingerprint density at radius 2 is 1.84 bits per heavy atom. The molecular formula is C22H30Cl3N5O. The van der Waals surface area contributed by atoms with Crippen molar-refractivity contribution in [3.8, 4) is 0 Å². The van der Waals surface area contributed by atoms with Crippen LogP contribution in [-0.2, 0) is 12.0 Å². The van der Waals surface area contributed by atoms with Gasteiger partial charge < -0.3 is 15.2 Å². The Balaban J connectivity index is 0.00000136. The summed E-state index contributed by atoms with van der Waals surface area (Å²) in [7, 11) is 0. The number of aromatic nitrogens is 3. The first-order chi connectivity index (χ1) is 14.1. The summed E-state index contributed by atoms with van der Waals surface area (Å²) >= 11 is 6.23. The van der Waals surface area contributed by atoms with Gasteiger partial charge in [0.2, 0.25) is 5.82 Å². The number of carbonyl (C=O) groups excluding carboxylic acids is 1. The van der Waals surface area contributed by atoms with Crippen LogP contribution in [0.25, 0.3) is 0 Å². The Morgan fingerprint density at radius 3 is 2.45 bits per heavy atom. The van der Waals surface area contributed by atoms with Crippen LogP contribution in [0.15, 0.2) is 24.3 Å². The molecule has 2 saturated carbocycles. The molecule has 9 heteroatoms. The maximum Gasteiger partial charge on any atom is 0.292 e. The number of hydrogen-bond donors (Lipinski definition) is 1. The lowest BCUT2D eigenvalue weighted by molar-refractivity contribution is 0.0519. The third-order valence-corrected chi connectivity index (χ3v) is 7.68. The van der Waals surface area contributed by atoms with Gasteiger partial charge in [-0.3, -0.25) is 4.79 Å². The zero-order valence-corrected chi connectivity index (χ0v) is 19.9. The fourth-order valence-corrected chi connectivity index (χ4v) is 5.53. The molecule has 0 unspecified atom stereocenters. The SMILES string of the molecule is Cl.Cl.NCC1(c2cccc(Cl)c2)CCC(N2CCn3c(nnc3C3CCC3)C2=O)CC1. The summed E-state index contributed by atoms with van der Waals surface area (Å²) in [6.07, 6.45) is 7.45. The molecule has 170 valence electrons. The Bertz CT molecular complexity index is 922. The molecule has 0 radical (unpaired) electrons. The van der Waals surface area contributed by atoms with Gasteiger partial charge in [-0.1, -0.05) is 30.2 Å². The highest BCUT2D eigenvalue weighted by atomic mass is 35.5. The Morgan fingerprint density at radius 1 is 1.10 bits per heavy atom. The minimum atomic E-state index is -0.0440. The van der Waals surface area contributed by atoms with Crippen LogP contribution in [0, 0.1) is 0 Å². The maximum atomic E-state index is 13.2. The van der Waals surface area contributed by atoms with Gasteiger partial charge in [-0.05, 0) is 56.2 Å². The predicted octanol–water partition coefficient (Wildman–Crippen LogP) is 4.34. The van der Waals surface area contributed by atoms with E-state index in [0.29, 0.717) is 18.3 Å². The molecule has 0 saturated heterocycles. The number of nitrogens with zero attached hydrogens (tertiary/aromatic N) is 4. The lowest BCUT2D eigenvalue weighted by atomic mass is 9.68. The van der Waals surface area contributed by atoms with Gasteiger partial charge >= 0.3 is 0 Å². The van der Waals surface area contributed by atoms with Crippen LogP contribution in [0.1, 0.15) is 72.9 Å². The van der Waals surface area contributed by atoms with Gasteiger partial charge in [0.05, 0.1) is 0 Å². The van der Waals surface area contributed by atoms with Gasteiger partial charge in [0, 0.05) is 42.0 Å². The number of nitrogens with two attached hydrogens (primary N) is 1. The van der Waals surface area contributed by atoms with Crippen molar-refractivity contribution in [2.75, 3.05) is 13.1 Å². The highest BCUT2D eigenvalue weighted by molar-refractivity contribution is 6.30. The van der Waals surface area contributed by atoms with E-state index in [1.807, 2.05) is 23.1 Å².